The lowest BCUT2D eigenvalue weighted by Gasteiger charge is -2.26. The van der Waals surface area contributed by atoms with Crippen LogP contribution < -0.4 is 4.90 Å². The number of benzene rings is 2. The van der Waals surface area contributed by atoms with Crippen LogP contribution in [0.3, 0.4) is 0 Å². The summed E-state index contributed by atoms with van der Waals surface area (Å²) in [4.78, 5) is 6.52. The molecule has 0 aliphatic rings. The van der Waals surface area contributed by atoms with Crippen LogP contribution in [-0.4, -0.2) is 16.7 Å². The highest BCUT2D eigenvalue weighted by molar-refractivity contribution is 5.77. The Morgan fingerprint density at radius 3 is 2.32 bits per heavy atom. The summed E-state index contributed by atoms with van der Waals surface area (Å²) in [6.07, 6.45) is 3.11. The van der Waals surface area contributed by atoms with Gasteiger partial charge in [-0.15, -0.1) is 0 Å². The number of hydrogen-bond acceptors (Lipinski definition) is 5. The number of hydrogen-bond donors (Lipinski definition) is 0. The summed E-state index contributed by atoms with van der Waals surface area (Å²) in [5.74, 6) is 0.840. The van der Waals surface area contributed by atoms with Crippen LogP contribution in [0.1, 0.15) is 23.9 Å². The molecule has 28 heavy (non-hydrogen) atoms. The first-order valence-corrected chi connectivity index (χ1v) is 9.38. The quantitative estimate of drug-likeness (QED) is 0.424. The topological polar surface area (TPSA) is 55.3 Å². The summed E-state index contributed by atoms with van der Waals surface area (Å²) in [7, 11) is 0. The van der Waals surface area contributed by atoms with Crippen LogP contribution >= 0.6 is 0 Å². The molecular weight excluding hydrogens is 350 g/mol. The molecule has 5 nitrogen and oxygen atoms in total. The molecule has 142 valence electrons. The third-order valence-corrected chi connectivity index (χ3v) is 5.05. The van der Waals surface area contributed by atoms with Gasteiger partial charge in [0, 0.05) is 29.0 Å². The second-order valence-electron chi connectivity index (χ2n) is 6.87. The SMILES string of the molecule is CCN(c1ccc(-c2cocn2)cc1)c1cc(-c2c(C)noc2C)ccc1C. The molecule has 0 atom stereocenters. The summed E-state index contributed by atoms with van der Waals surface area (Å²) in [5.41, 5.74) is 8.50. The van der Waals surface area contributed by atoms with Crippen molar-refractivity contribution in [3.8, 4) is 22.4 Å². The van der Waals surface area contributed by atoms with Crippen LogP contribution in [0.2, 0.25) is 0 Å². The third-order valence-electron chi connectivity index (χ3n) is 5.05. The average Bonchev–Trinajstić information content (AvgIpc) is 3.35. The zero-order valence-electron chi connectivity index (χ0n) is 16.6. The number of oxazole rings is 1. The minimum atomic E-state index is 0.839. The highest BCUT2D eigenvalue weighted by Crippen LogP contribution is 2.35. The lowest BCUT2D eigenvalue weighted by Crippen LogP contribution is -2.17. The van der Waals surface area contributed by atoms with E-state index >= 15 is 0 Å². The second kappa shape index (κ2) is 7.35. The third kappa shape index (κ3) is 3.20. The number of aromatic nitrogens is 2. The van der Waals surface area contributed by atoms with Crippen molar-refractivity contribution in [2.45, 2.75) is 27.7 Å². The predicted molar refractivity (Wildman–Crippen MR) is 111 cm³/mol. The first kappa shape index (κ1) is 18.0. The van der Waals surface area contributed by atoms with Gasteiger partial charge >= 0.3 is 0 Å². The molecule has 0 aliphatic carbocycles. The highest BCUT2D eigenvalue weighted by Gasteiger charge is 2.16. The normalized spacial score (nSPS) is 11.0. The zero-order chi connectivity index (χ0) is 19.7. The summed E-state index contributed by atoms with van der Waals surface area (Å²) in [6, 6.07) is 14.9. The predicted octanol–water partition coefficient (Wildman–Crippen LogP) is 6.08. The molecule has 2 aromatic heterocycles. The first-order valence-electron chi connectivity index (χ1n) is 9.38. The largest absolute Gasteiger partial charge is 0.451 e. The summed E-state index contributed by atoms with van der Waals surface area (Å²) in [5, 5.41) is 4.10. The van der Waals surface area contributed by atoms with E-state index in [-0.39, 0.29) is 0 Å². The van der Waals surface area contributed by atoms with Crippen molar-refractivity contribution in [2.75, 3.05) is 11.4 Å². The Morgan fingerprint density at radius 2 is 1.71 bits per heavy atom. The van der Waals surface area contributed by atoms with Gasteiger partial charge in [-0.3, -0.25) is 0 Å². The zero-order valence-corrected chi connectivity index (χ0v) is 16.6. The van der Waals surface area contributed by atoms with Gasteiger partial charge in [-0.25, -0.2) is 4.98 Å². The van der Waals surface area contributed by atoms with E-state index in [1.54, 1.807) is 6.26 Å². The van der Waals surface area contributed by atoms with E-state index in [9.17, 15) is 0 Å². The van der Waals surface area contributed by atoms with Crippen molar-refractivity contribution in [3.63, 3.8) is 0 Å². The first-order chi connectivity index (χ1) is 13.6. The summed E-state index contributed by atoms with van der Waals surface area (Å²) < 4.78 is 10.4. The molecule has 5 heteroatoms. The lowest BCUT2D eigenvalue weighted by molar-refractivity contribution is 0.393. The number of aryl methyl sites for hydroxylation is 3. The molecule has 0 unspecified atom stereocenters. The van der Waals surface area contributed by atoms with Crippen LogP contribution in [0.15, 0.2) is 64.1 Å². The van der Waals surface area contributed by atoms with Crippen LogP contribution in [0.25, 0.3) is 22.4 Å². The van der Waals surface area contributed by atoms with Crippen molar-refractivity contribution in [1.82, 2.24) is 10.1 Å². The number of nitrogens with zero attached hydrogens (tertiary/aromatic N) is 3. The van der Waals surface area contributed by atoms with Crippen molar-refractivity contribution in [1.29, 1.82) is 0 Å². The van der Waals surface area contributed by atoms with Gasteiger partial charge in [-0.05, 0) is 57.0 Å². The van der Waals surface area contributed by atoms with Crippen molar-refractivity contribution >= 4 is 11.4 Å². The van der Waals surface area contributed by atoms with Crippen LogP contribution in [0.4, 0.5) is 11.4 Å². The number of rotatable bonds is 5. The van der Waals surface area contributed by atoms with Crippen LogP contribution in [-0.2, 0) is 0 Å². The van der Waals surface area contributed by atoms with E-state index < -0.39 is 0 Å². The molecule has 0 aliphatic heterocycles. The van der Waals surface area contributed by atoms with Gasteiger partial charge < -0.3 is 13.8 Å². The van der Waals surface area contributed by atoms with Gasteiger partial charge in [0.05, 0.1) is 5.69 Å². The fraction of sp³-hybridized carbons (Fsp3) is 0.217. The van der Waals surface area contributed by atoms with Crippen molar-refractivity contribution in [3.05, 3.63) is 72.1 Å². The van der Waals surface area contributed by atoms with Crippen LogP contribution in [0.5, 0.6) is 0 Å². The Bertz CT molecular complexity index is 1060. The summed E-state index contributed by atoms with van der Waals surface area (Å²) >= 11 is 0. The molecule has 2 aromatic carbocycles. The minimum absolute atomic E-state index is 0.839. The van der Waals surface area contributed by atoms with E-state index in [1.165, 1.54) is 17.6 Å². The Morgan fingerprint density at radius 1 is 0.964 bits per heavy atom. The van der Waals surface area contributed by atoms with Crippen LogP contribution in [0, 0.1) is 20.8 Å². The minimum Gasteiger partial charge on any atom is -0.451 e. The van der Waals surface area contributed by atoms with Gasteiger partial charge in [-0.1, -0.05) is 29.4 Å². The Kier molecular flexibility index (Phi) is 4.74. The van der Waals surface area contributed by atoms with Crippen molar-refractivity contribution < 1.29 is 8.94 Å². The average molecular weight is 373 g/mol. The van der Waals surface area contributed by atoms with E-state index in [4.69, 9.17) is 8.94 Å². The summed E-state index contributed by atoms with van der Waals surface area (Å²) in [6.45, 7) is 9.09. The lowest BCUT2D eigenvalue weighted by atomic mass is 10.0. The van der Waals surface area contributed by atoms with Gasteiger partial charge in [0.15, 0.2) is 6.39 Å². The smallest absolute Gasteiger partial charge is 0.181 e. The number of anilines is 2. The molecule has 0 fully saturated rings. The molecule has 0 radical (unpaired) electrons. The van der Waals surface area contributed by atoms with E-state index in [2.05, 4.69) is 71.4 Å². The Balaban J connectivity index is 1.73. The maximum Gasteiger partial charge on any atom is 0.181 e. The van der Waals surface area contributed by atoms with E-state index in [0.29, 0.717) is 0 Å². The maximum absolute atomic E-state index is 5.36. The second-order valence-corrected chi connectivity index (χ2v) is 6.87. The van der Waals surface area contributed by atoms with Gasteiger partial charge in [0.2, 0.25) is 0 Å². The molecule has 0 saturated carbocycles. The van der Waals surface area contributed by atoms with Gasteiger partial charge in [-0.2, -0.15) is 0 Å². The molecule has 0 spiro atoms. The molecule has 2 heterocycles. The molecule has 0 bridgehead atoms. The molecular formula is C23H23N3O2. The Labute approximate surface area is 164 Å². The molecule has 0 N–H and O–H groups in total. The fourth-order valence-electron chi connectivity index (χ4n) is 3.61. The van der Waals surface area contributed by atoms with Gasteiger partial charge in [0.1, 0.15) is 17.7 Å². The molecule has 4 aromatic rings. The molecule has 4 rings (SSSR count). The van der Waals surface area contributed by atoms with Crippen molar-refractivity contribution in [2.24, 2.45) is 0 Å². The molecule has 0 amide bonds. The standard InChI is InChI=1S/C23H23N3O2/c1-5-26(20-10-8-18(9-11-20)21-13-27-14-24-21)22-12-19(7-6-15(22)2)23-16(3)25-28-17(23)4/h6-14H,5H2,1-4H3. The Hall–Kier alpha value is -3.34. The molecule has 0 saturated heterocycles. The fourth-order valence-corrected chi connectivity index (χ4v) is 3.61. The monoisotopic (exact) mass is 373 g/mol. The van der Waals surface area contributed by atoms with Gasteiger partial charge in [0.25, 0.3) is 0 Å². The maximum atomic E-state index is 5.36. The van der Waals surface area contributed by atoms with E-state index in [0.717, 1.165) is 46.1 Å². The van der Waals surface area contributed by atoms with E-state index in [1.807, 2.05) is 13.8 Å². The highest BCUT2D eigenvalue weighted by atomic mass is 16.5.